The van der Waals surface area contributed by atoms with Crippen molar-refractivity contribution in [1.82, 2.24) is 0 Å². The molecule has 0 heterocycles. The summed E-state index contributed by atoms with van der Waals surface area (Å²) in [6.07, 6.45) is 0.0960. The van der Waals surface area contributed by atoms with Crippen LogP contribution in [0.3, 0.4) is 0 Å². The molecule has 0 aliphatic carbocycles. The summed E-state index contributed by atoms with van der Waals surface area (Å²) >= 11 is 6.08. The van der Waals surface area contributed by atoms with E-state index in [1.807, 2.05) is 55.5 Å². The van der Waals surface area contributed by atoms with Crippen molar-refractivity contribution in [3.63, 3.8) is 0 Å². The number of halogens is 1. The third kappa shape index (κ3) is 4.50. The molecule has 2 rings (SSSR count). The van der Waals surface area contributed by atoms with Gasteiger partial charge in [-0.1, -0.05) is 48.0 Å². The molecule has 1 N–H and O–H groups in total. The van der Waals surface area contributed by atoms with Crippen LogP contribution in [0.4, 0.5) is 5.69 Å². The van der Waals surface area contributed by atoms with Gasteiger partial charge in [0.15, 0.2) is 0 Å². The summed E-state index contributed by atoms with van der Waals surface area (Å²) in [6.45, 7) is 3.12. The summed E-state index contributed by atoms with van der Waals surface area (Å²) in [7, 11) is 0. The Kier molecular flexibility index (Phi) is 5.23. The Bertz CT molecular complexity index is 613. The van der Waals surface area contributed by atoms with Gasteiger partial charge in [0.2, 0.25) is 0 Å². The van der Waals surface area contributed by atoms with Crippen molar-refractivity contribution in [3.8, 4) is 0 Å². The van der Waals surface area contributed by atoms with E-state index in [0.29, 0.717) is 18.1 Å². The number of carboxylic acid groups (broad SMARTS) is 1. The van der Waals surface area contributed by atoms with Crippen LogP contribution < -0.4 is 4.90 Å². The van der Waals surface area contributed by atoms with Gasteiger partial charge in [0.25, 0.3) is 0 Å². The minimum Gasteiger partial charge on any atom is -0.481 e. The van der Waals surface area contributed by atoms with Crippen LogP contribution in [-0.2, 0) is 11.3 Å². The van der Waals surface area contributed by atoms with E-state index in [4.69, 9.17) is 16.7 Å². The molecule has 0 unspecified atom stereocenters. The lowest BCUT2D eigenvalue weighted by atomic mass is 10.1. The summed E-state index contributed by atoms with van der Waals surface area (Å²) in [5.74, 6) is -0.798. The predicted octanol–water partition coefficient (Wildman–Crippen LogP) is 4.13. The fraction of sp³-hybridized carbons (Fsp3) is 0.235. The first-order valence-corrected chi connectivity index (χ1v) is 7.21. The number of rotatable bonds is 6. The molecule has 0 amide bonds. The fourth-order valence-corrected chi connectivity index (χ4v) is 2.41. The van der Waals surface area contributed by atoms with Gasteiger partial charge in [0.05, 0.1) is 6.42 Å². The van der Waals surface area contributed by atoms with Crippen molar-refractivity contribution in [2.75, 3.05) is 11.4 Å². The summed E-state index contributed by atoms with van der Waals surface area (Å²) < 4.78 is 0. The third-order valence-corrected chi connectivity index (χ3v) is 3.56. The highest BCUT2D eigenvalue weighted by Crippen LogP contribution is 2.26. The van der Waals surface area contributed by atoms with E-state index >= 15 is 0 Å². The van der Waals surface area contributed by atoms with E-state index in [2.05, 4.69) is 4.90 Å². The largest absolute Gasteiger partial charge is 0.481 e. The molecule has 0 atom stereocenters. The number of aryl methyl sites for hydroxylation is 1. The molecule has 3 nitrogen and oxygen atoms in total. The molecule has 0 fully saturated rings. The fourth-order valence-electron chi connectivity index (χ4n) is 2.24. The Morgan fingerprint density at radius 1 is 1.19 bits per heavy atom. The van der Waals surface area contributed by atoms with Gasteiger partial charge < -0.3 is 10.0 Å². The molecule has 110 valence electrons. The topological polar surface area (TPSA) is 40.5 Å². The van der Waals surface area contributed by atoms with Gasteiger partial charge in [-0.25, -0.2) is 0 Å². The summed E-state index contributed by atoms with van der Waals surface area (Å²) in [5.41, 5.74) is 3.20. The number of carboxylic acids is 1. The molecular weight excluding hydrogens is 286 g/mol. The van der Waals surface area contributed by atoms with E-state index in [1.54, 1.807) is 0 Å². The molecule has 0 saturated heterocycles. The number of hydrogen-bond donors (Lipinski definition) is 1. The maximum atomic E-state index is 10.9. The molecule has 0 aliphatic heterocycles. The first kappa shape index (κ1) is 15.4. The van der Waals surface area contributed by atoms with E-state index in [9.17, 15) is 4.79 Å². The molecular formula is C17H18ClNO2. The van der Waals surface area contributed by atoms with Gasteiger partial charge in [0, 0.05) is 23.8 Å². The van der Waals surface area contributed by atoms with Crippen LogP contribution in [0.5, 0.6) is 0 Å². The summed E-state index contributed by atoms with van der Waals surface area (Å²) in [6, 6.07) is 15.7. The molecule has 2 aromatic carbocycles. The lowest BCUT2D eigenvalue weighted by Crippen LogP contribution is -2.26. The van der Waals surface area contributed by atoms with Gasteiger partial charge in [-0.05, 0) is 30.2 Å². The van der Waals surface area contributed by atoms with E-state index in [-0.39, 0.29) is 6.42 Å². The summed E-state index contributed by atoms with van der Waals surface area (Å²) in [4.78, 5) is 12.9. The quantitative estimate of drug-likeness (QED) is 0.872. The average Bonchev–Trinajstić information content (AvgIpc) is 2.47. The predicted molar refractivity (Wildman–Crippen MR) is 85.9 cm³/mol. The maximum absolute atomic E-state index is 10.9. The van der Waals surface area contributed by atoms with Crippen molar-refractivity contribution >= 4 is 23.3 Å². The van der Waals surface area contributed by atoms with Gasteiger partial charge in [-0.3, -0.25) is 4.79 Å². The molecule has 0 aromatic heterocycles. The number of carbonyl (C=O) groups is 1. The van der Waals surface area contributed by atoms with Gasteiger partial charge in [-0.2, -0.15) is 0 Å². The molecule has 2 aromatic rings. The number of hydrogen-bond acceptors (Lipinski definition) is 2. The van der Waals surface area contributed by atoms with E-state index in [1.165, 1.54) is 0 Å². The molecule has 21 heavy (non-hydrogen) atoms. The second-order valence-electron chi connectivity index (χ2n) is 4.98. The van der Waals surface area contributed by atoms with Gasteiger partial charge in [-0.15, -0.1) is 0 Å². The number of aliphatic carboxylic acids is 1. The van der Waals surface area contributed by atoms with E-state index < -0.39 is 5.97 Å². The average molecular weight is 304 g/mol. The summed E-state index contributed by atoms with van der Waals surface area (Å²) in [5, 5.41) is 9.60. The Labute approximate surface area is 129 Å². The highest BCUT2D eigenvalue weighted by Gasteiger charge is 2.12. The lowest BCUT2D eigenvalue weighted by Gasteiger charge is -2.26. The maximum Gasteiger partial charge on any atom is 0.305 e. The zero-order valence-electron chi connectivity index (χ0n) is 11.9. The van der Waals surface area contributed by atoms with Crippen LogP contribution in [0, 0.1) is 6.92 Å². The second kappa shape index (κ2) is 7.14. The molecule has 0 saturated carbocycles. The van der Waals surface area contributed by atoms with Crippen molar-refractivity contribution in [3.05, 3.63) is 64.7 Å². The lowest BCUT2D eigenvalue weighted by molar-refractivity contribution is -0.136. The smallest absolute Gasteiger partial charge is 0.305 e. The molecule has 0 aliphatic rings. The number of anilines is 1. The van der Waals surface area contributed by atoms with Crippen molar-refractivity contribution < 1.29 is 9.90 Å². The third-order valence-electron chi connectivity index (χ3n) is 3.32. The molecule has 0 radical (unpaired) electrons. The standard InChI is InChI=1S/C17H18ClNO2/c1-13-7-8-15(18)11-16(13)19(10-9-17(20)21)12-14-5-3-2-4-6-14/h2-8,11H,9-10,12H2,1H3,(H,20,21). The monoisotopic (exact) mass is 303 g/mol. The van der Waals surface area contributed by atoms with Crippen molar-refractivity contribution in [1.29, 1.82) is 0 Å². The van der Waals surface area contributed by atoms with Crippen LogP contribution in [0.2, 0.25) is 5.02 Å². The SMILES string of the molecule is Cc1ccc(Cl)cc1N(CCC(=O)O)Cc1ccccc1. The Morgan fingerprint density at radius 2 is 1.90 bits per heavy atom. The molecule has 4 heteroatoms. The van der Waals surface area contributed by atoms with Gasteiger partial charge in [0.1, 0.15) is 0 Å². The Morgan fingerprint density at radius 3 is 2.57 bits per heavy atom. The zero-order valence-corrected chi connectivity index (χ0v) is 12.7. The minimum absolute atomic E-state index is 0.0960. The second-order valence-corrected chi connectivity index (χ2v) is 5.42. The van der Waals surface area contributed by atoms with Gasteiger partial charge >= 0.3 is 5.97 Å². The normalized spacial score (nSPS) is 10.4. The highest BCUT2D eigenvalue weighted by atomic mass is 35.5. The Hall–Kier alpha value is -2.00. The zero-order chi connectivity index (χ0) is 15.2. The number of benzene rings is 2. The first-order chi connectivity index (χ1) is 10.1. The van der Waals surface area contributed by atoms with Crippen LogP contribution >= 0.6 is 11.6 Å². The number of nitrogens with zero attached hydrogens (tertiary/aromatic N) is 1. The Balaban J connectivity index is 2.26. The highest BCUT2D eigenvalue weighted by molar-refractivity contribution is 6.30. The van der Waals surface area contributed by atoms with Crippen molar-refractivity contribution in [2.24, 2.45) is 0 Å². The van der Waals surface area contributed by atoms with Crippen LogP contribution in [0.25, 0.3) is 0 Å². The minimum atomic E-state index is -0.798. The first-order valence-electron chi connectivity index (χ1n) is 6.83. The van der Waals surface area contributed by atoms with E-state index in [0.717, 1.165) is 16.8 Å². The van der Waals surface area contributed by atoms with Crippen LogP contribution in [-0.4, -0.2) is 17.6 Å². The van der Waals surface area contributed by atoms with Crippen molar-refractivity contribution in [2.45, 2.75) is 19.9 Å². The van der Waals surface area contributed by atoms with Crippen LogP contribution in [0.1, 0.15) is 17.5 Å². The molecule has 0 spiro atoms. The van der Waals surface area contributed by atoms with Crippen LogP contribution in [0.15, 0.2) is 48.5 Å². The molecule has 0 bridgehead atoms.